The van der Waals surface area contributed by atoms with Gasteiger partial charge >= 0.3 is 0 Å². The summed E-state index contributed by atoms with van der Waals surface area (Å²) >= 11 is 0. The summed E-state index contributed by atoms with van der Waals surface area (Å²) < 4.78 is 5.43. The lowest BCUT2D eigenvalue weighted by Crippen LogP contribution is -2.04. The highest BCUT2D eigenvalue weighted by molar-refractivity contribution is 5.99. The molecule has 0 bridgehead atoms. The Kier molecular flexibility index (Phi) is 6.06. The van der Waals surface area contributed by atoms with E-state index in [0.717, 1.165) is 35.3 Å². The maximum Gasteiger partial charge on any atom is 0.163 e. The van der Waals surface area contributed by atoms with Gasteiger partial charge in [-0.2, -0.15) is 5.26 Å². The van der Waals surface area contributed by atoms with Crippen LogP contribution >= 0.6 is 0 Å². The van der Waals surface area contributed by atoms with Gasteiger partial charge in [0.1, 0.15) is 11.5 Å². The summed E-state index contributed by atoms with van der Waals surface area (Å²) in [6.45, 7) is 6.15. The van der Waals surface area contributed by atoms with Crippen LogP contribution in [0, 0.1) is 17.2 Å². The molecule has 0 saturated carbocycles. The second-order valence-corrected chi connectivity index (χ2v) is 7.41. The van der Waals surface area contributed by atoms with Crippen molar-refractivity contribution < 1.29 is 9.32 Å². The largest absolute Gasteiger partial charge is 0.361 e. The Morgan fingerprint density at radius 1 is 1.14 bits per heavy atom. The SMILES string of the molecule is CCCc1cc(-c2cc(C(=O)CC(C)C)cc(-c3ccccc3C#N)c2)no1. The van der Waals surface area contributed by atoms with E-state index in [1.165, 1.54) is 0 Å². The van der Waals surface area contributed by atoms with Crippen molar-refractivity contribution in [3.8, 4) is 28.5 Å². The highest BCUT2D eigenvalue weighted by Gasteiger charge is 2.16. The van der Waals surface area contributed by atoms with Crippen molar-refractivity contribution in [3.05, 3.63) is 65.4 Å². The first-order chi connectivity index (χ1) is 13.5. The Morgan fingerprint density at radius 3 is 2.61 bits per heavy atom. The highest BCUT2D eigenvalue weighted by atomic mass is 16.5. The van der Waals surface area contributed by atoms with Gasteiger partial charge in [-0.05, 0) is 47.7 Å². The third-order valence-corrected chi connectivity index (χ3v) is 4.56. The van der Waals surface area contributed by atoms with Gasteiger partial charge in [0.15, 0.2) is 5.78 Å². The van der Waals surface area contributed by atoms with E-state index in [9.17, 15) is 10.1 Å². The van der Waals surface area contributed by atoms with E-state index in [0.29, 0.717) is 23.2 Å². The molecule has 1 heterocycles. The fraction of sp³-hybridized carbons (Fsp3) is 0.292. The predicted molar refractivity (Wildman–Crippen MR) is 110 cm³/mol. The predicted octanol–water partition coefficient (Wildman–Crippen LogP) is 6.06. The molecule has 4 nitrogen and oxygen atoms in total. The van der Waals surface area contributed by atoms with Crippen molar-refractivity contribution in [2.24, 2.45) is 5.92 Å². The molecule has 0 atom stereocenters. The van der Waals surface area contributed by atoms with Crippen LogP contribution in [0.1, 0.15) is 55.3 Å². The molecule has 0 N–H and O–H groups in total. The zero-order valence-corrected chi connectivity index (χ0v) is 16.5. The molecule has 0 unspecified atom stereocenters. The number of nitriles is 1. The van der Waals surface area contributed by atoms with Crippen molar-refractivity contribution in [1.29, 1.82) is 5.26 Å². The van der Waals surface area contributed by atoms with Crippen molar-refractivity contribution >= 4 is 5.78 Å². The lowest BCUT2D eigenvalue weighted by molar-refractivity contribution is 0.0968. The number of hydrogen-bond donors (Lipinski definition) is 0. The van der Waals surface area contributed by atoms with Crippen LogP contribution in [-0.2, 0) is 6.42 Å². The van der Waals surface area contributed by atoms with Crippen LogP contribution in [0.15, 0.2) is 53.1 Å². The summed E-state index contributed by atoms with van der Waals surface area (Å²) in [6.07, 6.45) is 2.27. The van der Waals surface area contributed by atoms with E-state index in [-0.39, 0.29) is 11.7 Å². The van der Waals surface area contributed by atoms with Gasteiger partial charge in [0.2, 0.25) is 0 Å². The van der Waals surface area contributed by atoms with Crippen LogP contribution in [0.25, 0.3) is 22.4 Å². The minimum absolute atomic E-state index is 0.0878. The molecule has 0 aliphatic rings. The number of benzene rings is 2. The Morgan fingerprint density at radius 2 is 1.89 bits per heavy atom. The Balaban J connectivity index is 2.13. The quantitative estimate of drug-likeness (QED) is 0.473. The normalized spacial score (nSPS) is 10.8. The van der Waals surface area contributed by atoms with Crippen molar-refractivity contribution in [2.45, 2.75) is 40.0 Å². The fourth-order valence-corrected chi connectivity index (χ4v) is 3.23. The van der Waals surface area contributed by atoms with E-state index < -0.39 is 0 Å². The molecule has 0 aliphatic heterocycles. The lowest BCUT2D eigenvalue weighted by Gasteiger charge is -2.11. The zero-order chi connectivity index (χ0) is 20.1. The van der Waals surface area contributed by atoms with Crippen LogP contribution in [0.2, 0.25) is 0 Å². The molecule has 3 rings (SSSR count). The smallest absolute Gasteiger partial charge is 0.163 e. The first-order valence-corrected chi connectivity index (χ1v) is 9.65. The van der Waals surface area contributed by atoms with Crippen molar-refractivity contribution in [2.75, 3.05) is 0 Å². The molecule has 0 aliphatic carbocycles. The molecule has 142 valence electrons. The molecular weight excluding hydrogens is 348 g/mol. The Labute approximate surface area is 165 Å². The van der Waals surface area contributed by atoms with Crippen molar-refractivity contribution in [3.63, 3.8) is 0 Å². The number of Topliss-reactive ketones (excluding diaryl/α,β-unsaturated/α-hetero) is 1. The number of carbonyl (C=O) groups is 1. The molecule has 0 radical (unpaired) electrons. The number of rotatable bonds is 7. The summed E-state index contributed by atoms with van der Waals surface area (Å²) in [7, 11) is 0. The molecule has 1 aromatic heterocycles. The summed E-state index contributed by atoms with van der Waals surface area (Å²) in [4.78, 5) is 12.8. The number of nitrogens with zero attached hydrogens (tertiary/aromatic N) is 2. The fourth-order valence-electron chi connectivity index (χ4n) is 3.23. The average Bonchev–Trinajstić information content (AvgIpc) is 3.16. The van der Waals surface area contributed by atoms with Crippen LogP contribution in [0.3, 0.4) is 0 Å². The van der Waals surface area contributed by atoms with Crippen LogP contribution < -0.4 is 0 Å². The van der Waals surface area contributed by atoms with Gasteiger partial charge in [-0.1, -0.05) is 44.1 Å². The highest BCUT2D eigenvalue weighted by Crippen LogP contribution is 2.31. The second-order valence-electron chi connectivity index (χ2n) is 7.41. The van der Waals surface area contributed by atoms with E-state index in [1.807, 2.05) is 56.3 Å². The summed E-state index contributed by atoms with van der Waals surface area (Å²) in [5, 5.41) is 13.7. The van der Waals surface area contributed by atoms with Crippen LogP contribution in [0.5, 0.6) is 0 Å². The molecule has 4 heteroatoms. The van der Waals surface area contributed by atoms with E-state index in [1.54, 1.807) is 6.07 Å². The summed E-state index contributed by atoms with van der Waals surface area (Å²) in [6, 6.07) is 17.3. The monoisotopic (exact) mass is 372 g/mol. The molecule has 3 aromatic rings. The number of aryl methyl sites for hydroxylation is 1. The number of hydrogen-bond acceptors (Lipinski definition) is 4. The first-order valence-electron chi connectivity index (χ1n) is 9.65. The Bertz CT molecular complexity index is 1030. The maximum atomic E-state index is 12.8. The molecule has 0 amide bonds. The van der Waals surface area contributed by atoms with E-state index >= 15 is 0 Å². The third kappa shape index (κ3) is 4.37. The van der Waals surface area contributed by atoms with E-state index in [2.05, 4.69) is 18.1 Å². The van der Waals surface area contributed by atoms with Gasteiger partial charge in [0.25, 0.3) is 0 Å². The van der Waals surface area contributed by atoms with Crippen LogP contribution in [-0.4, -0.2) is 10.9 Å². The van der Waals surface area contributed by atoms with Gasteiger partial charge < -0.3 is 4.52 Å². The van der Waals surface area contributed by atoms with Gasteiger partial charge in [-0.25, -0.2) is 0 Å². The number of carbonyl (C=O) groups excluding carboxylic acids is 1. The van der Waals surface area contributed by atoms with Crippen LogP contribution in [0.4, 0.5) is 0 Å². The van der Waals surface area contributed by atoms with Gasteiger partial charge in [-0.15, -0.1) is 0 Å². The third-order valence-electron chi connectivity index (χ3n) is 4.56. The molecule has 28 heavy (non-hydrogen) atoms. The number of ketones is 1. The summed E-state index contributed by atoms with van der Waals surface area (Å²) in [5.41, 5.74) is 4.38. The number of aromatic nitrogens is 1. The first kappa shape index (κ1) is 19.6. The Hall–Kier alpha value is -3.19. The maximum absolute atomic E-state index is 12.8. The van der Waals surface area contributed by atoms with Gasteiger partial charge in [-0.3, -0.25) is 4.79 Å². The van der Waals surface area contributed by atoms with Gasteiger partial charge in [0.05, 0.1) is 11.6 Å². The standard InChI is InChI=1S/C24H24N2O2/c1-4-7-21-14-23(26-28-21)19-11-18(22-9-6-5-8-17(22)15-25)12-20(13-19)24(27)10-16(2)3/h5-6,8-9,11-14,16H,4,7,10H2,1-3H3. The summed E-state index contributed by atoms with van der Waals surface area (Å²) in [5.74, 6) is 1.19. The topological polar surface area (TPSA) is 66.9 Å². The lowest BCUT2D eigenvalue weighted by atomic mass is 9.92. The molecule has 0 fully saturated rings. The molecule has 0 saturated heterocycles. The average molecular weight is 372 g/mol. The molecule has 0 spiro atoms. The second kappa shape index (κ2) is 8.67. The van der Waals surface area contributed by atoms with Crippen molar-refractivity contribution in [1.82, 2.24) is 5.16 Å². The minimum Gasteiger partial charge on any atom is -0.361 e. The van der Waals surface area contributed by atoms with Gasteiger partial charge in [0, 0.05) is 30.0 Å². The van der Waals surface area contributed by atoms with E-state index in [4.69, 9.17) is 4.52 Å². The minimum atomic E-state index is 0.0878. The zero-order valence-electron chi connectivity index (χ0n) is 16.5. The molecule has 2 aromatic carbocycles. The molecular formula is C24H24N2O2.